The lowest BCUT2D eigenvalue weighted by Crippen LogP contribution is -2.65. The molecule has 2 aromatic rings. The summed E-state index contributed by atoms with van der Waals surface area (Å²) in [4.78, 5) is 25.1. The van der Waals surface area contributed by atoms with E-state index in [0.717, 1.165) is 6.07 Å². The number of hydrazine groups is 1. The van der Waals surface area contributed by atoms with E-state index in [4.69, 9.17) is 26.2 Å². The van der Waals surface area contributed by atoms with Gasteiger partial charge in [0.1, 0.15) is 25.0 Å². The Labute approximate surface area is 225 Å². The number of esters is 1. The van der Waals surface area contributed by atoms with Crippen molar-refractivity contribution < 1.29 is 45.9 Å². The number of halogens is 1. The fourth-order valence-electron chi connectivity index (χ4n) is 3.61. The number of quaternary nitrogens is 1. The number of carboxylic acids is 1. The topological polar surface area (TPSA) is 198 Å². The second-order valence-electron chi connectivity index (χ2n) is 8.48. The molecule has 0 saturated carbocycles. The summed E-state index contributed by atoms with van der Waals surface area (Å²) in [5, 5.41) is 19.5. The summed E-state index contributed by atoms with van der Waals surface area (Å²) in [6.07, 6.45) is -1.19. The fourth-order valence-corrected chi connectivity index (χ4v) is 5.65. The van der Waals surface area contributed by atoms with Gasteiger partial charge in [0.15, 0.2) is 6.10 Å². The van der Waals surface area contributed by atoms with Crippen LogP contribution >= 0.6 is 11.6 Å². The number of carboxylic acid groups (broad SMARTS) is 1. The standard InChI is InChI=1S/C21H22ClN5O9S2/c1-27(2,11-15(36-21(30)20(28)29)12-35-18-6-4-3-5-13(18)9-23)26-10-14-7-16(22)17(24-37(31)32)8-19(14)38(33,34)25-26/h3-8,15,24-25H,10-12H2,1-2H3,(H-,28,29,31,32). The number of hydrogen-bond donors (Lipinski definition) is 3. The molecule has 0 spiro atoms. The number of likely N-dealkylation sites (N-methyl/N-ethyl adjacent to an activating group) is 1. The Morgan fingerprint density at radius 3 is 2.68 bits per heavy atom. The van der Waals surface area contributed by atoms with Gasteiger partial charge in [-0.15, -0.1) is 0 Å². The van der Waals surface area contributed by atoms with Crippen LogP contribution in [0.25, 0.3) is 0 Å². The Balaban J connectivity index is 1.86. The van der Waals surface area contributed by atoms with Gasteiger partial charge in [0, 0.05) is 11.3 Å². The van der Waals surface area contributed by atoms with Crippen molar-refractivity contribution in [3.05, 3.63) is 52.5 Å². The van der Waals surface area contributed by atoms with E-state index in [-0.39, 0.29) is 56.8 Å². The second-order valence-corrected chi connectivity index (χ2v) is 11.2. The summed E-state index contributed by atoms with van der Waals surface area (Å²) >= 11 is 3.40. The van der Waals surface area contributed by atoms with Crippen LogP contribution in [0, 0.1) is 11.3 Å². The third kappa shape index (κ3) is 6.96. The molecule has 0 saturated heterocycles. The molecule has 2 atom stereocenters. The minimum atomic E-state index is -4.19. The monoisotopic (exact) mass is 587 g/mol. The number of fused-ring (bicyclic) bond motifs is 1. The highest BCUT2D eigenvalue weighted by Crippen LogP contribution is 2.33. The molecule has 3 N–H and O–H groups in total. The SMILES string of the molecule is C[N+](C)(CC(COc1ccccc1C#N)OC(=O)C(=O)O)N1Cc2cc(Cl)c(NS(=O)[O-])cc2S(=O)(=O)N1. The summed E-state index contributed by atoms with van der Waals surface area (Å²) in [6.45, 7) is -0.544. The molecule has 38 heavy (non-hydrogen) atoms. The summed E-state index contributed by atoms with van der Waals surface area (Å²) in [6, 6.07) is 10.6. The predicted molar refractivity (Wildman–Crippen MR) is 131 cm³/mol. The highest BCUT2D eigenvalue weighted by Gasteiger charge is 2.40. The number of hydrogen-bond acceptors (Lipinski definition) is 10. The highest BCUT2D eigenvalue weighted by molar-refractivity contribution is 7.89. The first kappa shape index (κ1) is 29.3. The van der Waals surface area contributed by atoms with Gasteiger partial charge in [-0.1, -0.05) is 33.7 Å². The fraction of sp³-hybridized carbons (Fsp3) is 0.286. The predicted octanol–water partition coefficient (Wildman–Crippen LogP) is 0.493. The lowest BCUT2D eigenvalue weighted by Gasteiger charge is -2.42. The Morgan fingerprint density at radius 1 is 1.37 bits per heavy atom. The quantitative estimate of drug-likeness (QED) is 0.160. The van der Waals surface area contributed by atoms with Gasteiger partial charge >= 0.3 is 11.9 Å². The first-order valence-electron chi connectivity index (χ1n) is 10.6. The van der Waals surface area contributed by atoms with E-state index in [1.165, 1.54) is 23.3 Å². The van der Waals surface area contributed by atoms with Gasteiger partial charge in [-0.2, -0.15) is 5.26 Å². The van der Waals surface area contributed by atoms with Crippen LogP contribution in [0.5, 0.6) is 5.75 Å². The van der Waals surface area contributed by atoms with Crippen LogP contribution in [0.2, 0.25) is 5.02 Å². The minimum Gasteiger partial charge on any atom is -0.755 e. The zero-order chi connectivity index (χ0) is 28.3. The molecule has 0 radical (unpaired) electrons. The van der Waals surface area contributed by atoms with Gasteiger partial charge in [-0.05, 0) is 29.8 Å². The Hall–Kier alpha value is -3.30. The van der Waals surface area contributed by atoms with Crippen LogP contribution in [0.3, 0.4) is 0 Å². The molecule has 204 valence electrons. The van der Waals surface area contributed by atoms with Crippen LogP contribution in [-0.2, 0) is 42.2 Å². The summed E-state index contributed by atoms with van der Waals surface area (Å²) in [5.74, 6) is -3.19. The summed E-state index contributed by atoms with van der Waals surface area (Å²) in [5.41, 5.74) is 0.332. The number of para-hydroxylation sites is 1. The van der Waals surface area contributed by atoms with E-state index >= 15 is 0 Å². The molecular weight excluding hydrogens is 566 g/mol. The Bertz CT molecular complexity index is 1430. The van der Waals surface area contributed by atoms with Crippen molar-refractivity contribution in [2.75, 3.05) is 32.0 Å². The molecule has 17 heteroatoms. The van der Waals surface area contributed by atoms with E-state index < -0.39 is 39.3 Å². The molecule has 0 fully saturated rings. The van der Waals surface area contributed by atoms with Gasteiger partial charge in [-0.25, -0.2) is 22.6 Å². The molecule has 2 aromatic carbocycles. The molecule has 0 aromatic heterocycles. The van der Waals surface area contributed by atoms with Crippen LogP contribution in [-0.4, -0.2) is 77.3 Å². The Kier molecular flexibility index (Phi) is 8.94. The average molecular weight is 588 g/mol. The van der Waals surface area contributed by atoms with E-state index in [9.17, 15) is 32.0 Å². The summed E-state index contributed by atoms with van der Waals surface area (Å²) in [7, 11) is -1.06. The van der Waals surface area contributed by atoms with E-state index in [2.05, 4.69) is 4.83 Å². The lowest BCUT2D eigenvalue weighted by atomic mass is 10.2. The highest BCUT2D eigenvalue weighted by atomic mass is 35.5. The van der Waals surface area contributed by atoms with Gasteiger partial charge in [0.2, 0.25) is 0 Å². The van der Waals surface area contributed by atoms with Gasteiger partial charge in [0.25, 0.3) is 10.0 Å². The third-order valence-electron chi connectivity index (χ3n) is 5.36. The van der Waals surface area contributed by atoms with E-state index in [0.29, 0.717) is 0 Å². The van der Waals surface area contributed by atoms with Crippen molar-refractivity contribution in [1.29, 1.82) is 5.26 Å². The maximum absolute atomic E-state index is 13.0. The third-order valence-corrected chi connectivity index (χ3v) is 7.47. The molecule has 3 rings (SSSR count). The maximum Gasteiger partial charge on any atom is 0.417 e. The number of aliphatic carboxylic acids is 1. The van der Waals surface area contributed by atoms with Gasteiger partial charge in [0.05, 0.1) is 41.8 Å². The van der Waals surface area contributed by atoms with Crippen LogP contribution in [0.4, 0.5) is 5.69 Å². The Morgan fingerprint density at radius 2 is 2.05 bits per heavy atom. The zero-order valence-corrected chi connectivity index (χ0v) is 22.3. The van der Waals surface area contributed by atoms with Crippen molar-refractivity contribution in [1.82, 2.24) is 9.95 Å². The molecule has 1 aliphatic rings. The zero-order valence-electron chi connectivity index (χ0n) is 19.9. The summed E-state index contributed by atoms with van der Waals surface area (Å²) < 4.78 is 60.4. The molecule has 0 bridgehead atoms. The van der Waals surface area contributed by atoms with Crippen molar-refractivity contribution in [2.45, 2.75) is 17.5 Å². The molecule has 1 heterocycles. The molecule has 2 unspecified atom stereocenters. The van der Waals surface area contributed by atoms with Crippen LogP contribution < -0.4 is 14.3 Å². The van der Waals surface area contributed by atoms with Crippen molar-refractivity contribution in [2.24, 2.45) is 0 Å². The van der Waals surface area contributed by atoms with Crippen LogP contribution in [0.1, 0.15) is 11.1 Å². The molecule has 0 aliphatic carbocycles. The van der Waals surface area contributed by atoms with Crippen molar-refractivity contribution >= 4 is 50.5 Å². The maximum atomic E-state index is 13.0. The van der Waals surface area contributed by atoms with Gasteiger partial charge in [-0.3, -0.25) is 4.21 Å². The van der Waals surface area contributed by atoms with Crippen molar-refractivity contribution in [3.8, 4) is 11.8 Å². The molecule has 1 aliphatic heterocycles. The van der Waals surface area contributed by atoms with Gasteiger partial charge < -0.3 is 23.9 Å². The second kappa shape index (κ2) is 11.6. The number of nitriles is 1. The number of nitrogens with zero attached hydrogens (tertiary/aromatic N) is 3. The first-order chi connectivity index (χ1) is 17.7. The molecule has 14 nitrogen and oxygen atoms in total. The van der Waals surface area contributed by atoms with Crippen molar-refractivity contribution in [3.63, 3.8) is 0 Å². The van der Waals surface area contributed by atoms with E-state index in [1.807, 2.05) is 10.8 Å². The minimum absolute atomic E-state index is 0.0341. The lowest BCUT2D eigenvalue weighted by molar-refractivity contribution is -1.01. The first-order valence-corrected chi connectivity index (χ1v) is 13.5. The number of anilines is 1. The van der Waals surface area contributed by atoms with Crippen LogP contribution in [0.15, 0.2) is 41.3 Å². The number of sulfonamides is 1. The largest absolute Gasteiger partial charge is 0.755 e. The number of ether oxygens (including phenoxy) is 2. The number of nitrogens with one attached hydrogen (secondary N) is 2. The number of rotatable bonds is 9. The molecule has 0 amide bonds. The smallest absolute Gasteiger partial charge is 0.417 e. The number of carbonyl (C=O) groups is 2. The number of benzene rings is 2. The number of carbonyl (C=O) groups excluding carboxylic acids is 1. The van der Waals surface area contributed by atoms with E-state index in [1.54, 1.807) is 26.2 Å². The normalized spacial score (nSPS) is 16.4. The average Bonchev–Trinajstić information content (AvgIpc) is 2.82. The molecular formula is C21H22ClN5O9S2.